The molecule has 4 rings (SSSR count). The minimum atomic E-state index is -0.171. The predicted octanol–water partition coefficient (Wildman–Crippen LogP) is 5.60. The van der Waals surface area contributed by atoms with Crippen molar-refractivity contribution in [1.29, 1.82) is 0 Å². The van der Waals surface area contributed by atoms with Gasteiger partial charge in [-0.3, -0.25) is 4.79 Å². The lowest BCUT2D eigenvalue weighted by molar-refractivity contribution is -0.117. The highest BCUT2D eigenvalue weighted by atomic mass is 19.1. The summed E-state index contributed by atoms with van der Waals surface area (Å²) in [6.07, 6.45) is 6.70. The Morgan fingerprint density at radius 2 is 1.97 bits per heavy atom. The number of carbonyl (C=O) groups excluding carboxylic acids is 1. The third kappa shape index (κ3) is 6.11. The van der Waals surface area contributed by atoms with Crippen LogP contribution in [0.15, 0.2) is 66.6 Å². The van der Waals surface area contributed by atoms with Gasteiger partial charge in [-0.2, -0.15) is 0 Å². The van der Waals surface area contributed by atoms with Gasteiger partial charge in [0.2, 0.25) is 6.41 Å². The highest BCUT2D eigenvalue weighted by Gasteiger charge is 2.25. The molecule has 176 valence electrons. The molecular weight excluding hydrogens is 415 g/mol. The zero-order chi connectivity index (χ0) is 24.0. The van der Waals surface area contributed by atoms with Crippen LogP contribution in [-0.4, -0.2) is 47.5 Å². The highest BCUT2D eigenvalue weighted by molar-refractivity contribution is 5.69. The fraction of sp³-hybridized carbons (Fsp3) is 0.393. The van der Waals surface area contributed by atoms with Crippen LogP contribution in [0.3, 0.4) is 0 Å². The zero-order valence-electron chi connectivity index (χ0n) is 20.0. The van der Waals surface area contributed by atoms with Crippen molar-refractivity contribution in [3.05, 3.63) is 83.3 Å². The zero-order valence-corrected chi connectivity index (χ0v) is 20.0. The number of halogens is 1. The summed E-state index contributed by atoms with van der Waals surface area (Å²) in [5, 5.41) is 9.87. The van der Waals surface area contributed by atoms with E-state index in [1.54, 1.807) is 0 Å². The molecule has 2 atom stereocenters. The Bertz CT molecular complexity index is 1010. The molecule has 2 aliphatic rings. The van der Waals surface area contributed by atoms with E-state index in [9.17, 15) is 14.3 Å². The van der Waals surface area contributed by atoms with E-state index in [4.69, 9.17) is 0 Å². The van der Waals surface area contributed by atoms with E-state index in [1.807, 2.05) is 29.8 Å². The molecule has 1 N–H and O–H groups in total. The Morgan fingerprint density at radius 3 is 2.58 bits per heavy atom. The number of amides is 1. The fourth-order valence-electron chi connectivity index (χ4n) is 4.43. The molecule has 2 aromatic carbocycles. The van der Waals surface area contributed by atoms with Gasteiger partial charge in [0.1, 0.15) is 5.83 Å². The smallest absolute Gasteiger partial charge is 0.209 e. The third-order valence-corrected chi connectivity index (χ3v) is 6.52. The average Bonchev–Trinajstić information content (AvgIpc) is 3.31. The lowest BCUT2D eigenvalue weighted by Crippen LogP contribution is -2.23. The Hall–Kier alpha value is -2.92. The molecule has 4 nitrogen and oxygen atoms in total. The molecular formula is C28H35FN2O2. The third-order valence-electron chi connectivity index (χ3n) is 6.52. The van der Waals surface area contributed by atoms with Crippen molar-refractivity contribution < 1.29 is 14.3 Å². The number of nitrogens with zero attached hydrogens (tertiary/aromatic N) is 2. The van der Waals surface area contributed by atoms with E-state index < -0.39 is 0 Å². The number of rotatable bonds is 5. The van der Waals surface area contributed by atoms with Crippen molar-refractivity contribution in [2.45, 2.75) is 51.7 Å². The number of benzene rings is 2. The number of likely N-dealkylation sites (N-methyl/N-ethyl adjacent to an activating group) is 1. The van der Waals surface area contributed by atoms with Crippen molar-refractivity contribution in [2.75, 3.05) is 20.1 Å². The summed E-state index contributed by atoms with van der Waals surface area (Å²) in [5.41, 5.74) is 5.85. The van der Waals surface area contributed by atoms with Gasteiger partial charge in [0, 0.05) is 38.3 Å². The normalized spacial score (nSPS) is 19.9. The van der Waals surface area contributed by atoms with E-state index >= 15 is 0 Å². The summed E-state index contributed by atoms with van der Waals surface area (Å²) < 4.78 is 12.3. The molecule has 1 unspecified atom stereocenters. The summed E-state index contributed by atoms with van der Waals surface area (Å²) in [7, 11) is 1.85. The number of aliphatic hydroxyl groups is 1. The van der Waals surface area contributed by atoms with Crippen LogP contribution in [0.5, 0.6) is 0 Å². The second-order valence-corrected chi connectivity index (χ2v) is 9.18. The van der Waals surface area contributed by atoms with Crippen molar-refractivity contribution in [3.63, 3.8) is 0 Å². The van der Waals surface area contributed by atoms with Gasteiger partial charge in [0.25, 0.3) is 0 Å². The lowest BCUT2D eigenvalue weighted by atomic mass is 9.88. The van der Waals surface area contributed by atoms with Crippen molar-refractivity contribution >= 4 is 6.41 Å². The standard InChI is InChI=1S/C21H25NO2.C7H10FN/c1-15(2)19-5-3-4-6-21(19)16-7-8-20(18(11-16)13-23)17-9-10-22(12-17)14-24;1-6-3-4-7(8)5-9(6)2/h3-8,11,14-15,17,23H,9-10,12-13H2,1-2H3;3-6H,1-2H3/t17-;/m1./s1. The van der Waals surface area contributed by atoms with Gasteiger partial charge < -0.3 is 14.9 Å². The van der Waals surface area contributed by atoms with Crippen LogP contribution in [-0.2, 0) is 11.4 Å². The number of hydrogen-bond donors (Lipinski definition) is 1. The van der Waals surface area contributed by atoms with E-state index in [1.165, 1.54) is 29.0 Å². The van der Waals surface area contributed by atoms with Crippen LogP contribution in [0.4, 0.5) is 4.39 Å². The second kappa shape index (κ2) is 11.3. The van der Waals surface area contributed by atoms with Crippen molar-refractivity contribution in [2.24, 2.45) is 0 Å². The summed E-state index contributed by atoms with van der Waals surface area (Å²) in [4.78, 5) is 14.6. The first-order chi connectivity index (χ1) is 15.8. The van der Waals surface area contributed by atoms with Crippen LogP contribution in [0.1, 0.15) is 55.7 Å². The van der Waals surface area contributed by atoms with E-state index in [-0.39, 0.29) is 12.4 Å². The molecule has 0 bridgehead atoms. The molecule has 2 aliphatic heterocycles. The van der Waals surface area contributed by atoms with Crippen LogP contribution < -0.4 is 0 Å². The molecule has 2 aromatic rings. The molecule has 2 heterocycles. The summed E-state index contributed by atoms with van der Waals surface area (Å²) in [6, 6.07) is 15.2. The molecule has 5 heteroatoms. The van der Waals surface area contributed by atoms with Gasteiger partial charge in [0.05, 0.1) is 6.61 Å². The topological polar surface area (TPSA) is 43.8 Å². The first-order valence-electron chi connectivity index (χ1n) is 11.6. The Balaban J connectivity index is 0.000000286. The summed E-state index contributed by atoms with van der Waals surface area (Å²) >= 11 is 0. The molecule has 0 aromatic heterocycles. The monoisotopic (exact) mass is 450 g/mol. The maximum absolute atomic E-state index is 12.3. The van der Waals surface area contributed by atoms with Gasteiger partial charge in [-0.05, 0) is 59.2 Å². The van der Waals surface area contributed by atoms with Gasteiger partial charge in [-0.15, -0.1) is 0 Å². The molecule has 33 heavy (non-hydrogen) atoms. The minimum Gasteiger partial charge on any atom is -0.392 e. The van der Waals surface area contributed by atoms with E-state index in [0.29, 0.717) is 17.9 Å². The molecule has 0 saturated carbocycles. The number of carbonyl (C=O) groups is 1. The highest BCUT2D eigenvalue weighted by Crippen LogP contribution is 2.34. The Kier molecular flexibility index (Phi) is 8.45. The van der Waals surface area contributed by atoms with Gasteiger partial charge in [-0.25, -0.2) is 4.39 Å². The van der Waals surface area contributed by atoms with E-state index in [0.717, 1.165) is 37.0 Å². The fourth-order valence-corrected chi connectivity index (χ4v) is 4.43. The number of hydrogen-bond acceptors (Lipinski definition) is 3. The largest absolute Gasteiger partial charge is 0.392 e. The minimum absolute atomic E-state index is 0.0323. The van der Waals surface area contributed by atoms with Crippen LogP contribution in [0, 0.1) is 0 Å². The SMILES string of the molecule is CC(C)c1ccccc1-c1ccc([C@@H]2CCN(C=O)C2)c(CO)c1.CC1C=CC(F)=CN1C. The molecule has 0 radical (unpaired) electrons. The first-order valence-corrected chi connectivity index (χ1v) is 11.6. The Morgan fingerprint density at radius 1 is 1.21 bits per heavy atom. The number of aliphatic hydroxyl groups excluding tert-OH is 1. The number of allylic oxidation sites excluding steroid dienone is 2. The lowest BCUT2D eigenvalue weighted by Gasteiger charge is -2.22. The predicted molar refractivity (Wildman–Crippen MR) is 132 cm³/mol. The van der Waals surface area contributed by atoms with Crippen LogP contribution in [0.2, 0.25) is 0 Å². The van der Waals surface area contributed by atoms with Crippen LogP contribution >= 0.6 is 0 Å². The average molecular weight is 451 g/mol. The van der Waals surface area contributed by atoms with Crippen molar-refractivity contribution in [3.8, 4) is 11.1 Å². The molecule has 0 spiro atoms. The van der Waals surface area contributed by atoms with Gasteiger partial charge in [-0.1, -0.05) is 56.3 Å². The Labute approximate surface area is 197 Å². The van der Waals surface area contributed by atoms with Crippen LogP contribution in [0.25, 0.3) is 11.1 Å². The van der Waals surface area contributed by atoms with Gasteiger partial charge in [0.15, 0.2) is 0 Å². The second-order valence-electron chi connectivity index (χ2n) is 9.18. The maximum atomic E-state index is 12.3. The molecule has 1 saturated heterocycles. The molecule has 1 amide bonds. The quantitative estimate of drug-likeness (QED) is 0.603. The maximum Gasteiger partial charge on any atom is 0.209 e. The van der Waals surface area contributed by atoms with E-state index in [2.05, 4.69) is 56.3 Å². The molecule has 1 fully saturated rings. The number of likely N-dealkylation sites (tertiary alicyclic amines) is 1. The van der Waals surface area contributed by atoms with Crippen molar-refractivity contribution in [1.82, 2.24) is 9.80 Å². The van der Waals surface area contributed by atoms with Gasteiger partial charge >= 0.3 is 0 Å². The molecule has 0 aliphatic carbocycles. The summed E-state index contributed by atoms with van der Waals surface area (Å²) in [5.74, 6) is 0.608. The first kappa shape index (κ1) is 24.7. The summed E-state index contributed by atoms with van der Waals surface area (Å²) in [6.45, 7) is 8.00.